The lowest BCUT2D eigenvalue weighted by molar-refractivity contribution is -0.141. The van der Waals surface area contributed by atoms with Crippen molar-refractivity contribution in [3.63, 3.8) is 0 Å². The van der Waals surface area contributed by atoms with Crippen LogP contribution in [0, 0.1) is 0 Å². The molecule has 1 atom stereocenters. The molecule has 0 fully saturated rings. The molecule has 0 saturated heterocycles. The van der Waals surface area contributed by atoms with Gasteiger partial charge >= 0.3 is 5.97 Å². The van der Waals surface area contributed by atoms with E-state index in [2.05, 4.69) is 5.32 Å². The van der Waals surface area contributed by atoms with Crippen LogP contribution >= 0.6 is 11.6 Å². The number of fused-ring (bicyclic) bond motifs is 1. The normalized spacial score (nSPS) is 18.1. The molecule has 0 radical (unpaired) electrons. The smallest absolute Gasteiger partial charge is 0.336 e. The third kappa shape index (κ3) is 3.55. The zero-order chi connectivity index (χ0) is 19.7. The number of nitrogens with one attached hydrogen (secondary N) is 1. The average molecular weight is 400 g/mol. The first kappa shape index (κ1) is 18.4. The summed E-state index contributed by atoms with van der Waals surface area (Å²) in [6.07, 6.45) is 0.134. The number of carbonyl (C=O) groups is 2. The first-order chi connectivity index (χ1) is 13.5. The standard InChI is InChI=1S/C21H18ClNO5/c1-12-20(15(9-19(24)23-12)14-4-2-3-5-16(14)22)21(25)26-10-13-6-7-17-18(8-13)28-11-27-17/h2-8,15H,9-11H2,1H3,(H,23,24)/t15-/m1/s1. The van der Waals surface area contributed by atoms with E-state index in [-0.39, 0.29) is 25.7 Å². The summed E-state index contributed by atoms with van der Waals surface area (Å²) in [7, 11) is 0. The summed E-state index contributed by atoms with van der Waals surface area (Å²) in [6, 6.07) is 12.6. The van der Waals surface area contributed by atoms with Gasteiger partial charge in [0.25, 0.3) is 0 Å². The van der Waals surface area contributed by atoms with Crippen LogP contribution in [-0.2, 0) is 20.9 Å². The molecule has 0 aliphatic carbocycles. The number of esters is 1. The molecule has 144 valence electrons. The maximum atomic E-state index is 12.9. The van der Waals surface area contributed by atoms with Crippen LogP contribution in [-0.4, -0.2) is 18.7 Å². The SMILES string of the molecule is CC1=C(C(=O)OCc2ccc3c(c2)OCO3)[C@@H](c2ccccc2Cl)CC(=O)N1. The van der Waals surface area contributed by atoms with Crippen LogP contribution in [0.4, 0.5) is 0 Å². The highest BCUT2D eigenvalue weighted by atomic mass is 35.5. The quantitative estimate of drug-likeness (QED) is 0.794. The van der Waals surface area contributed by atoms with E-state index < -0.39 is 11.9 Å². The molecule has 6 nitrogen and oxygen atoms in total. The second-order valence-electron chi connectivity index (χ2n) is 6.63. The Hall–Kier alpha value is -2.99. The first-order valence-electron chi connectivity index (χ1n) is 8.83. The Morgan fingerprint density at radius 2 is 2.00 bits per heavy atom. The Balaban J connectivity index is 1.56. The summed E-state index contributed by atoms with van der Waals surface area (Å²) in [4.78, 5) is 24.9. The molecule has 28 heavy (non-hydrogen) atoms. The maximum Gasteiger partial charge on any atom is 0.336 e. The fourth-order valence-corrected chi connectivity index (χ4v) is 3.72. The van der Waals surface area contributed by atoms with E-state index >= 15 is 0 Å². The Morgan fingerprint density at radius 1 is 1.21 bits per heavy atom. The molecule has 4 rings (SSSR count). The third-order valence-electron chi connectivity index (χ3n) is 4.78. The Bertz CT molecular complexity index is 985. The molecule has 2 heterocycles. The minimum Gasteiger partial charge on any atom is -0.457 e. The van der Waals surface area contributed by atoms with Crippen molar-refractivity contribution < 1.29 is 23.8 Å². The maximum absolute atomic E-state index is 12.9. The number of halogens is 1. The molecule has 0 unspecified atom stereocenters. The van der Waals surface area contributed by atoms with Gasteiger partial charge in [0.1, 0.15) is 6.61 Å². The second-order valence-corrected chi connectivity index (χ2v) is 7.04. The van der Waals surface area contributed by atoms with Crippen molar-refractivity contribution >= 4 is 23.5 Å². The molecule has 2 aromatic carbocycles. The van der Waals surface area contributed by atoms with Gasteiger partial charge in [0.2, 0.25) is 12.7 Å². The summed E-state index contributed by atoms with van der Waals surface area (Å²) in [5.74, 6) is 0.201. The largest absolute Gasteiger partial charge is 0.457 e. The Labute approximate surface area is 167 Å². The number of hydrogen-bond acceptors (Lipinski definition) is 5. The van der Waals surface area contributed by atoms with Crippen LogP contribution in [0.3, 0.4) is 0 Å². The zero-order valence-corrected chi connectivity index (χ0v) is 15.9. The number of amides is 1. The fraction of sp³-hybridized carbons (Fsp3) is 0.238. The predicted molar refractivity (Wildman–Crippen MR) is 102 cm³/mol. The molecule has 0 saturated carbocycles. The summed E-state index contributed by atoms with van der Waals surface area (Å²) in [6.45, 7) is 1.96. The van der Waals surface area contributed by atoms with E-state index in [1.54, 1.807) is 25.1 Å². The fourth-order valence-electron chi connectivity index (χ4n) is 3.45. The Kier molecular flexibility index (Phi) is 4.96. The molecule has 2 aliphatic heterocycles. The van der Waals surface area contributed by atoms with Crippen molar-refractivity contribution in [2.75, 3.05) is 6.79 Å². The van der Waals surface area contributed by atoms with Gasteiger partial charge in [0.05, 0.1) is 5.57 Å². The van der Waals surface area contributed by atoms with Gasteiger partial charge in [-0.05, 0) is 36.2 Å². The lowest BCUT2D eigenvalue weighted by Crippen LogP contribution is -2.34. The number of ether oxygens (including phenoxy) is 3. The van der Waals surface area contributed by atoms with Crippen molar-refractivity contribution in [2.24, 2.45) is 0 Å². The lowest BCUT2D eigenvalue weighted by atomic mass is 9.84. The highest BCUT2D eigenvalue weighted by molar-refractivity contribution is 6.31. The predicted octanol–water partition coefficient (Wildman–Crippen LogP) is 3.69. The number of benzene rings is 2. The molecule has 1 N–H and O–H groups in total. The van der Waals surface area contributed by atoms with Gasteiger partial charge in [-0.25, -0.2) is 4.79 Å². The molecule has 0 aromatic heterocycles. The van der Waals surface area contributed by atoms with Gasteiger partial charge < -0.3 is 19.5 Å². The van der Waals surface area contributed by atoms with Crippen molar-refractivity contribution in [2.45, 2.75) is 25.9 Å². The van der Waals surface area contributed by atoms with Crippen LogP contribution in [0.15, 0.2) is 53.7 Å². The summed E-state index contributed by atoms with van der Waals surface area (Å²) < 4.78 is 16.2. The summed E-state index contributed by atoms with van der Waals surface area (Å²) in [5.41, 5.74) is 2.41. The van der Waals surface area contributed by atoms with Gasteiger partial charge in [-0.2, -0.15) is 0 Å². The first-order valence-corrected chi connectivity index (χ1v) is 9.21. The van der Waals surface area contributed by atoms with Crippen LogP contribution < -0.4 is 14.8 Å². The molecular weight excluding hydrogens is 382 g/mol. The van der Waals surface area contributed by atoms with Gasteiger partial charge in [0.15, 0.2) is 11.5 Å². The van der Waals surface area contributed by atoms with E-state index in [1.807, 2.05) is 24.3 Å². The lowest BCUT2D eigenvalue weighted by Gasteiger charge is -2.27. The van der Waals surface area contributed by atoms with Crippen LogP contribution in [0.2, 0.25) is 5.02 Å². The molecule has 1 amide bonds. The summed E-state index contributed by atoms with van der Waals surface area (Å²) >= 11 is 6.32. The van der Waals surface area contributed by atoms with Crippen LogP contribution in [0.25, 0.3) is 0 Å². The number of rotatable bonds is 4. The van der Waals surface area contributed by atoms with E-state index in [1.165, 1.54) is 0 Å². The van der Waals surface area contributed by atoms with Gasteiger partial charge in [-0.3, -0.25) is 4.79 Å². The van der Waals surface area contributed by atoms with Crippen LogP contribution in [0.1, 0.15) is 30.4 Å². The van der Waals surface area contributed by atoms with Crippen LogP contribution in [0.5, 0.6) is 11.5 Å². The molecule has 0 bridgehead atoms. The van der Waals surface area contributed by atoms with E-state index in [4.69, 9.17) is 25.8 Å². The molecular formula is C21H18ClNO5. The van der Waals surface area contributed by atoms with Crippen molar-refractivity contribution in [1.29, 1.82) is 0 Å². The highest BCUT2D eigenvalue weighted by Crippen LogP contribution is 2.37. The molecule has 0 spiro atoms. The monoisotopic (exact) mass is 399 g/mol. The topological polar surface area (TPSA) is 73.9 Å². The van der Waals surface area contributed by atoms with Crippen molar-refractivity contribution in [3.05, 3.63) is 69.9 Å². The van der Waals surface area contributed by atoms with E-state index in [0.29, 0.717) is 27.8 Å². The van der Waals surface area contributed by atoms with Crippen molar-refractivity contribution in [3.8, 4) is 11.5 Å². The van der Waals surface area contributed by atoms with Gasteiger partial charge in [0, 0.05) is 23.1 Å². The number of hydrogen-bond donors (Lipinski definition) is 1. The molecule has 2 aromatic rings. The number of carbonyl (C=O) groups excluding carboxylic acids is 2. The van der Waals surface area contributed by atoms with E-state index in [0.717, 1.165) is 11.1 Å². The zero-order valence-electron chi connectivity index (χ0n) is 15.2. The summed E-state index contributed by atoms with van der Waals surface area (Å²) in [5, 5.41) is 3.23. The Morgan fingerprint density at radius 3 is 2.82 bits per heavy atom. The van der Waals surface area contributed by atoms with Gasteiger partial charge in [-0.15, -0.1) is 0 Å². The number of allylic oxidation sites excluding steroid dienone is 1. The molecule has 2 aliphatic rings. The molecule has 7 heteroatoms. The second kappa shape index (κ2) is 7.56. The van der Waals surface area contributed by atoms with Crippen molar-refractivity contribution in [1.82, 2.24) is 5.32 Å². The minimum atomic E-state index is -0.486. The average Bonchev–Trinajstić information content (AvgIpc) is 3.13. The minimum absolute atomic E-state index is 0.0788. The third-order valence-corrected chi connectivity index (χ3v) is 5.12. The van der Waals surface area contributed by atoms with E-state index in [9.17, 15) is 9.59 Å². The van der Waals surface area contributed by atoms with Gasteiger partial charge in [-0.1, -0.05) is 35.9 Å². The highest BCUT2D eigenvalue weighted by Gasteiger charge is 2.33.